The molecule has 0 aliphatic carbocycles. The van der Waals surface area contributed by atoms with Crippen LogP contribution in [-0.4, -0.2) is 0 Å². The van der Waals surface area contributed by atoms with E-state index in [-0.39, 0.29) is 13.2 Å². The zero-order chi connectivity index (χ0) is 13.6. The van der Waals surface area contributed by atoms with Crippen molar-refractivity contribution in [3.63, 3.8) is 0 Å². The highest BCUT2D eigenvalue weighted by Crippen LogP contribution is 2.51. The Morgan fingerprint density at radius 2 is 1.16 bits per heavy atom. The molecule has 0 fully saturated rings. The molecule has 0 bridgehead atoms. The van der Waals surface area contributed by atoms with E-state index in [1.54, 1.807) is 48.5 Å². The van der Waals surface area contributed by atoms with Gasteiger partial charge in [0, 0.05) is 0 Å². The normalized spacial score (nSPS) is 11.4. The highest BCUT2D eigenvalue weighted by atomic mass is 31.2. The van der Waals surface area contributed by atoms with E-state index in [1.165, 1.54) is 0 Å². The second kappa shape index (κ2) is 6.62. The molecule has 2 rings (SSSR count). The summed E-state index contributed by atoms with van der Waals surface area (Å²) in [4.78, 5) is 0. The molecule has 0 saturated carbocycles. The van der Waals surface area contributed by atoms with Crippen molar-refractivity contribution in [2.75, 3.05) is 0 Å². The minimum Gasteiger partial charge on any atom is -0.279 e. The van der Waals surface area contributed by atoms with Crippen LogP contribution in [0.5, 0.6) is 0 Å². The van der Waals surface area contributed by atoms with Crippen LogP contribution in [0, 0.1) is 0 Å². The first kappa shape index (κ1) is 13.9. The summed E-state index contributed by atoms with van der Waals surface area (Å²) < 4.78 is 34.4. The van der Waals surface area contributed by atoms with Crippen LogP contribution >= 0.6 is 7.91 Å². The van der Waals surface area contributed by atoms with E-state index in [9.17, 15) is 8.76 Å². The number of halogens is 1. The highest BCUT2D eigenvalue weighted by molar-refractivity contribution is 7.48. The standard InChI is InChI=1S/C14H14FO3P/c15-19(16,17-11-13-7-3-1-4-8-13)18-12-14-9-5-2-6-10-14/h1-10H,11-12H2. The van der Waals surface area contributed by atoms with Crippen molar-refractivity contribution in [1.29, 1.82) is 0 Å². The fraction of sp³-hybridized carbons (Fsp3) is 0.143. The van der Waals surface area contributed by atoms with Gasteiger partial charge >= 0.3 is 7.91 Å². The fourth-order valence-corrected chi connectivity index (χ4v) is 2.17. The van der Waals surface area contributed by atoms with E-state index < -0.39 is 7.91 Å². The molecule has 0 amide bonds. The topological polar surface area (TPSA) is 35.5 Å². The maximum Gasteiger partial charge on any atom is 0.513 e. The Morgan fingerprint density at radius 3 is 1.53 bits per heavy atom. The molecular weight excluding hydrogens is 266 g/mol. The summed E-state index contributed by atoms with van der Waals surface area (Å²) in [6, 6.07) is 17.9. The maximum atomic E-state index is 13.6. The zero-order valence-corrected chi connectivity index (χ0v) is 11.1. The van der Waals surface area contributed by atoms with Crippen molar-refractivity contribution in [2.24, 2.45) is 0 Å². The van der Waals surface area contributed by atoms with Crippen LogP contribution in [-0.2, 0) is 26.8 Å². The first-order valence-electron chi connectivity index (χ1n) is 5.82. The maximum absolute atomic E-state index is 13.6. The summed E-state index contributed by atoms with van der Waals surface area (Å²) in [5.74, 6) is 0. The molecule has 0 unspecified atom stereocenters. The molecule has 0 saturated heterocycles. The summed E-state index contributed by atoms with van der Waals surface area (Å²) in [5.41, 5.74) is 1.48. The number of hydrogen-bond donors (Lipinski definition) is 0. The van der Waals surface area contributed by atoms with Gasteiger partial charge in [0.15, 0.2) is 0 Å². The van der Waals surface area contributed by atoms with Crippen LogP contribution in [0.15, 0.2) is 60.7 Å². The summed E-state index contributed by atoms with van der Waals surface area (Å²) in [7, 11) is -4.52. The lowest BCUT2D eigenvalue weighted by molar-refractivity contribution is 0.162. The zero-order valence-electron chi connectivity index (χ0n) is 10.2. The predicted molar refractivity (Wildman–Crippen MR) is 71.2 cm³/mol. The molecule has 0 heterocycles. The summed E-state index contributed by atoms with van der Waals surface area (Å²) in [5, 5.41) is 0. The largest absolute Gasteiger partial charge is 0.513 e. The Balaban J connectivity index is 1.84. The monoisotopic (exact) mass is 280 g/mol. The van der Waals surface area contributed by atoms with E-state index in [0.29, 0.717) is 0 Å². The van der Waals surface area contributed by atoms with Crippen LogP contribution in [0.3, 0.4) is 0 Å². The molecule has 19 heavy (non-hydrogen) atoms. The van der Waals surface area contributed by atoms with Crippen LogP contribution < -0.4 is 0 Å². The molecule has 0 aromatic heterocycles. The van der Waals surface area contributed by atoms with Gasteiger partial charge in [-0.05, 0) is 11.1 Å². The van der Waals surface area contributed by atoms with Gasteiger partial charge in [-0.15, -0.1) is 4.20 Å². The fourth-order valence-electron chi connectivity index (χ4n) is 1.49. The van der Waals surface area contributed by atoms with E-state index in [0.717, 1.165) is 11.1 Å². The number of rotatable bonds is 6. The Labute approximate surface area is 111 Å². The van der Waals surface area contributed by atoms with Gasteiger partial charge in [-0.2, -0.15) is 0 Å². The minimum absolute atomic E-state index is 0.0800. The second-order valence-corrected chi connectivity index (χ2v) is 5.33. The van der Waals surface area contributed by atoms with Crippen LogP contribution in [0.1, 0.15) is 11.1 Å². The third-order valence-electron chi connectivity index (χ3n) is 2.46. The van der Waals surface area contributed by atoms with Crippen LogP contribution in [0.25, 0.3) is 0 Å². The molecule has 0 aliphatic rings. The molecule has 5 heteroatoms. The van der Waals surface area contributed by atoms with Crippen molar-refractivity contribution < 1.29 is 17.8 Å². The van der Waals surface area contributed by atoms with Crippen molar-refractivity contribution in [3.05, 3.63) is 71.8 Å². The molecule has 3 nitrogen and oxygen atoms in total. The third-order valence-corrected chi connectivity index (χ3v) is 3.33. The average Bonchev–Trinajstić information content (AvgIpc) is 2.46. The summed E-state index contributed by atoms with van der Waals surface area (Å²) >= 11 is 0. The molecule has 0 atom stereocenters. The molecule has 0 N–H and O–H groups in total. The van der Waals surface area contributed by atoms with Crippen molar-refractivity contribution in [3.8, 4) is 0 Å². The molecule has 0 aliphatic heterocycles. The lowest BCUT2D eigenvalue weighted by atomic mass is 10.2. The van der Waals surface area contributed by atoms with Crippen molar-refractivity contribution in [1.82, 2.24) is 0 Å². The van der Waals surface area contributed by atoms with Gasteiger partial charge in [0.2, 0.25) is 0 Å². The quantitative estimate of drug-likeness (QED) is 0.731. The van der Waals surface area contributed by atoms with Gasteiger partial charge in [-0.1, -0.05) is 60.7 Å². The van der Waals surface area contributed by atoms with Gasteiger partial charge in [-0.25, -0.2) is 4.57 Å². The molecule has 2 aromatic rings. The molecule has 0 radical (unpaired) electrons. The Hall–Kier alpha value is -1.48. The van der Waals surface area contributed by atoms with Gasteiger partial charge in [0.1, 0.15) is 0 Å². The van der Waals surface area contributed by atoms with Crippen LogP contribution in [0.2, 0.25) is 0 Å². The number of hydrogen-bond acceptors (Lipinski definition) is 3. The van der Waals surface area contributed by atoms with Gasteiger partial charge in [0.05, 0.1) is 13.2 Å². The van der Waals surface area contributed by atoms with Gasteiger partial charge in [-0.3, -0.25) is 9.05 Å². The molecule has 2 aromatic carbocycles. The van der Waals surface area contributed by atoms with Gasteiger partial charge < -0.3 is 0 Å². The first-order chi connectivity index (χ1) is 9.16. The Kier molecular flexibility index (Phi) is 4.86. The third kappa shape index (κ3) is 4.95. The Morgan fingerprint density at radius 1 is 0.789 bits per heavy atom. The molecular formula is C14H14FO3P. The van der Waals surface area contributed by atoms with E-state index in [4.69, 9.17) is 9.05 Å². The Bertz CT molecular complexity index is 498. The molecule has 100 valence electrons. The van der Waals surface area contributed by atoms with Crippen molar-refractivity contribution >= 4 is 7.91 Å². The van der Waals surface area contributed by atoms with E-state index in [1.807, 2.05) is 12.1 Å². The minimum atomic E-state index is -4.52. The van der Waals surface area contributed by atoms with E-state index >= 15 is 0 Å². The predicted octanol–water partition coefficient (Wildman–Crippen LogP) is 4.50. The smallest absolute Gasteiger partial charge is 0.279 e. The van der Waals surface area contributed by atoms with Gasteiger partial charge in [0.25, 0.3) is 0 Å². The SMILES string of the molecule is O=P(F)(OCc1ccccc1)OCc1ccccc1. The average molecular weight is 280 g/mol. The summed E-state index contributed by atoms with van der Waals surface area (Å²) in [6.45, 7) is -0.160. The highest BCUT2D eigenvalue weighted by Gasteiger charge is 2.23. The van der Waals surface area contributed by atoms with E-state index in [2.05, 4.69) is 0 Å². The summed E-state index contributed by atoms with van der Waals surface area (Å²) in [6.07, 6.45) is 0. The number of benzene rings is 2. The lowest BCUT2D eigenvalue weighted by Crippen LogP contribution is -1.94. The lowest BCUT2D eigenvalue weighted by Gasteiger charge is -2.10. The second-order valence-electron chi connectivity index (χ2n) is 3.95. The molecule has 0 spiro atoms. The first-order valence-corrected chi connectivity index (χ1v) is 7.26. The van der Waals surface area contributed by atoms with Crippen molar-refractivity contribution in [2.45, 2.75) is 13.2 Å². The van der Waals surface area contributed by atoms with Crippen LogP contribution in [0.4, 0.5) is 4.20 Å².